The Morgan fingerprint density at radius 1 is 1.29 bits per heavy atom. The Kier molecular flexibility index (Phi) is 3.53. The number of hydrogen-bond acceptors (Lipinski definition) is 5. The number of fused-ring (bicyclic) bond motifs is 1. The summed E-state index contributed by atoms with van der Waals surface area (Å²) in [7, 11) is 0. The molecule has 3 rings (SSSR count). The molecule has 0 atom stereocenters. The minimum atomic E-state index is -0.399. The molecule has 2 aromatic carbocycles. The molecule has 3 aromatic rings. The van der Waals surface area contributed by atoms with Crippen LogP contribution in [0.5, 0.6) is 5.75 Å². The summed E-state index contributed by atoms with van der Waals surface area (Å²) in [4.78, 5) is 15.0. The molecule has 106 valence electrons. The molecule has 0 aliphatic heterocycles. The Bertz CT molecular complexity index is 814. The van der Waals surface area contributed by atoms with Gasteiger partial charge in [-0.1, -0.05) is 12.1 Å². The van der Waals surface area contributed by atoms with Crippen molar-refractivity contribution in [1.82, 2.24) is 4.98 Å². The van der Waals surface area contributed by atoms with E-state index in [1.165, 1.54) is 17.4 Å². The molecule has 0 fully saturated rings. The highest BCUT2D eigenvalue weighted by Gasteiger charge is 2.11. The third kappa shape index (κ3) is 2.71. The van der Waals surface area contributed by atoms with Crippen molar-refractivity contribution >= 4 is 27.2 Å². The first-order chi connectivity index (χ1) is 10.2. The molecule has 1 aromatic heterocycles. The van der Waals surface area contributed by atoms with Crippen molar-refractivity contribution in [2.75, 3.05) is 6.61 Å². The molecule has 0 aliphatic rings. The lowest BCUT2D eigenvalue weighted by Gasteiger charge is -2.00. The van der Waals surface area contributed by atoms with E-state index in [1.807, 2.05) is 31.2 Å². The van der Waals surface area contributed by atoms with E-state index in [4.69, 9.17) is 4.74 Å². The fraction of sp³-hybridized carbons (Fsp3) is 0.133. The highest BCUT2D eigenvalue weighted by molar-refractivity contribution is 7.21. The Hall–Kier alpha value is -2.47. The smallest absolute Gasteiger partial charge is 0.270 e. The summed E-state index contributed by atoms with van der Waals surface area (Å²) in [5, 5.41) is 11.6. The normalized spacial score (nSPS) is 10.7. The van der Waals surface area contributed by atoms with Crippen molar-refractivity contribution in [1.29, 1.82) is 0 Å². The Morgan fingerprint density at radius 3 is 2.90 bits per heavy atom. The van der Waals surface area contributed by atoms with Gasteiger partial charge in [-0.25, -0.2) is 4.98 Å². The maximum Gasteiger partial charge on any atom is 0.270 e. The Labute approximate surface area is 125 Å². The number of ether oxygens (including phenoxy) is 1. The van der Waals surface area contributed by atoms with Crippen LogP contribution in [0.3, 0.4) is 0 Å². The lowest BCUT2D eigenvalue weighted by atomic mass is 10.2. The zero-order valence-corrected chi connectivity index (χ0v) is 12.1. The molecule has 6 heteroatoms. The average molecular weight is 300 g/mol. The number of nitrogens with zero attached hydrogens (tertiary/aromatic N) is 2. The minimum absolute atomic E-state index is 0.0711. The molecule has 0 spiro atoms. The van der Waals surface area contributed by atoms with E-state index in [-0.39, 0.29) is 5.69 Å². The molecule has 0 bridgehead atoms. The summed E-state index contributed by atoms with van der Waals surface area (Å²) in [5.74, 6) is 0.805. The van der Waals surface area contributed by atoms with Crippen LogP contribution in [0.2, 0.25) is 0 Å². The quantitative estimate of drug-likeness (QED) is 0.533. The van der Waals surface area contributed by atoms with Crippen molar-refractivity contribution in [3.05, 3.63) is 52.6 Å². The van der Waals surface area contributed by atoms with Crippen LogP contribution in [0.15, 0.2) is 42.5 Å². The summed E-state index contributed by atoms with van der Waals surface area (Å²) in [5.41, 5.74) is 1.69. The van der Waals surface area contributed by atoms with E-state index in [0.717, 1.165) is 26.5 Å². The summed E-state index contributed by atoms with van der Waals surface area (Å²) in [6, 6.07) is 12.2. The molecule has 5 nitrogen and oxygen atoms in total. The second kappa shape index (κ2) is 5.49. The highest BCUT2D eigenvalue weighted by atomic mass is 32.1. The monoisotopic (exact) mass is 300 g/mol. The van der Waals surface area contributed by atoms with Crippen LogP contribution in [-0.4, -0.2) is 16.5 Å². The number of aromatic nitrogens is 1. The number of rotatable bonds is 4. The number of hydrogen-bond donors (Lipinski definition) is 0. The number of benzene rings is 2. The Morgan fingerprint density at radius 2 is 2.14 bits per heavy atom. The first-order valence-electron chi connectivity index (χ1n) is 6.45. The van der Waals surface area contributed by atoms with Gasteiger partial charge in [-0.15, -0.1) is 11.3 Å². The van der Waals surface area contributed by atoms with Crippen LogP contribution >= 0.6 is 11.3 Å². The van der Waals surface area contributed by atoms with Crippen molar-refractivity contribution in [2.24, 2.45) is 0 Å². The van der Waals surface area contributed by atoms with Gasteiger partial charge in [0.15, 0.2) is 0 Å². The number of non-ortho nitro benzene ring substituents is 1. The van der Waals surface area contributed by atoms with Gasteiger partial charge in [-0.2, -0.15) is 0 Å². The van der Waals surface area contributed by atoms with E-state index in [0.29, 0.717) is 6.61 Å². The summed E-state index contributed by atoms with van der Waals surface area (Å²) >= 11 is 1.50. The molecule has 0 radical (unpaired) electrons. The molecule has 0 unspecified atom stereocenters. The largest absolute Gasteiger partial charge is 0.494 e. The molecule has 0 aliphatic carbocycles. The van der Waals surface area contributed by atoms with Gasteiger partial charge >= 0.3 is 0 Å². The van der Waals surface area contributed by atoms with Gasteiger partial charge in [-0.3, -0.25) is 10.1 Å². The zero-order chi connectivity index (χ0) is 14.8. The van der Waals surface area contributed by atoms with Crippen LogP contribution in [-0.2, 0) is 0 Å². The minimum Gasteiger partial charge on any atom is -0.494 e. The van der Waals surface area contributed by atoms with Crippen LogP contribution in [0.25, 0.3) is 20.8 Å². The first-order valence-corrected chi connectivity index (χ1v) is 7.27. The first kappa shape index (κ1) is 13.5. The molecular weight excluding hydrogens is 288 g/mol. The summed E-state index contributed by atoms with van der Waals surface area (Å²) in [6.45, 7) is 2.55. The fourth-order valence-corrected chi connectivity index (χ4v) is 3.03. The standard InChI is InChI=1S/C15H12N2O3S/c1-2-20-12-6-7-13-14(9-12)21-15(16-13)10-4-3-5-11(8-10)17(18)19/h3-9H,2H2,1H3. The van der Waals surface area contributed by atoms with E-state index in [1.54, 1.807) is 12.1 Å². The van der Waals surface area contributed by atoms with Gasteiger partial charge in [0.05, 0.1) is 21.7 Å². The second-order valence-corrected chi connectivity index (χ2v) is 5.42. The molecular formula is C15H12N2O3S. The van der Waals surface area contributed by atoms with Crippen LogP contribution in [0.1, 0.15) is 6.92 Å². The fourth-order valence-electron chi connectivity index (χ4n) is 2.04. The van der Waals surface area contributed by atoms with Crippen molar-refractivity contribution < 1.29 is 9.66 Å². The van der Waals surface area contributed by atoms with E-state index in [2.05, 4.69) is 4.98 Å². The molecule has 0 N–H and O–H groups in total. The Balaban J connectivity index is 2.04. The molecule has 0 amide bonds. The third-order valence-corrected chi connectivity index (χ3v) is 4.04. The van der Waals surface area contributed by atoms with Crippen molar-refractivity contribution in [3.63, 3.8) is 0 Å². The van der Waals surface area contributed by atoms with Gasteiger partial charge in [0.1, 0.15) is 10.8 Å². The molecule has 0 saturated carbocycles. The van der Waals surface area contributed by atoms with Crippen molar-refractivity contribution in [2.45, 2.75) is 6.92 Å². The van der Waals surface area contributed by atoms with Gasteiger partial charge in [0, 0.05) is 17.7 Å². The zero-order valence-electron chi connectivity index (χ0n) is 11.3. The summed E-state index contributed by atoms with van der Waals surface area (Å²) in [6.07, 6.45) is 0. The van der Waals surface area contributed by atoms with E-state index in [9.17, 15) is 10.1 Å². The van der Waals surface area contributed by atoms with Gasteiger partial charge in [0.2, 0.25) is 0 Å². The number of nitro benzene ring substituents is 1. The van der Waals surface area contributed by atoms with E-state index >= 15 is 0 Å². The topological polar surface area (TPSA) is 65.3 Å². The molecule has 1 heterocycles. The second-order valence-electron chi connectivity index (χ2n) is 4.39. The maximum absolute atomic E-state index is 10.8. The SMILES string of the molecule is CCOc1ccc2nc(-c3cccc([N+](=O)[O-])c3)sc2c1. The van der Waals surface area contributed by atoms with Crippen molar-refractivity contribution in [3.8, 4) is 16.3 Å². The lowest BCUT2D eigenvalue weighted by molar-refractivity contribution is -0.384. The number of nitro groups is 1. The van der Waals surface area contributed by atoms with Crippen LogP contribution in [0, 0.1) is 10.1 Å². The van der Waals surface area contributed by atoms with Crippen LogP contribution in [0.4, 0.5) is 5.69 Å². The molecule has 0 saturated heterocycles. The van der Waals surface area contributed by atoms with Gasteiger partial charge < -0.3 is 4.74 Å². The highest BCUT2D eigenvalue weighted by Crippen LogP contribution is 2.33. The predicted octanol–water partition coefficient (Wildman–Crippen LogP) is 4.27. The van der Waals surface area contributed by atoms with Gasteiger partial charge in [0.25, 0.3) is 5.69 Å². The molecule has 21 heavy (non-hydrogen) atoms. The van der Waals surface area contributed by atoms with Gasteiger partial charge in [-0.05, 0) is 25.1 Å². The third-order valence-electron chi connectivity index (χ3n) is 2.97. The van der Waals surface area contributed by atoms with Crippen LogP contribution < -0.4 is 4.74 Å². The average Bonchev–Trinajstić information content (AvgIpc) is 2.91. The predicted molar refractivity (Wildman–Crippen MR) is 82.9 cm³/mol. The summed E-state index contributed by atoms with van der Waals surface area (Å²) < 4.78 is 6.47. The maximum atomic E-state index is 10.8. The lowest BCUT2D eigenvalue weighted by Crippen LogP contribution is -1.89. The number of thiazole rings is 1. The van der Waals surface area contributed by atoms with E-state index < -0.39 is 4.92 Å².